The van der Waals surface area contributed by atoms with Gasteiger partial charge >= 0.3 is 5.97 Å². The molecule has 5 heteroatoms. The van der Waals surface area contributed by atoms with Crippen LogP contribution < -0.4 is 0 Å². The molecule has 0 saturated carbocycles. The smallest absolute Gasteiger partial charge is 0.374 e. The van der Waals surface area contributed by atoms with Crippen LogP contribution in [0.2, 0.25) is 0 Å². The molecule has 0 amide bonds. The Kier molecular flexibility index (Phi) is 3.96. The largest absolute Gasteiger partial charge is 0.463 e. The number of halogens is 2. The van der Waals surface area contributed by atoms with Crippen molar-refractivity contribution in [2.75, 3.05) is 7.11 Å². The Morgan fingerprint density at radius 1 is 1.40 bits per heavy atom. The van der Waals surface area contributed by atoms with E-state index in [1.807, 2.05) is 0 Å². The standard InChI is InChI=1S/C10H8BrFO3/c1-15-10(14)9(13)4-6-2-7(11)5-8(12)3-6/h2-3,5H,4H2,1H3. The minimum Gasteiger partial charge on any atom is -0.463 e. The molecule has 0 aliphatic carbocycles. The molecule has 0 saturated heterocycles. The molecule has 0 atom stereocenters. The molecular formula is C10H8BrFO3. The highest BCUT2D eigenvalue weighted by Crippen LogP contribution is 2.15. The van der Waals surface area contributed by atoms with Crippen LogP contribution in [0, 0.1) is 5.82 Å². The van der Waals surface area contributed by atoms with Gasteiger partial charge in [0.15, 0.2) is 0 Å². The number of carbonyl (C=O) groups excluding carboxylic acids is 2. The predicted molar refractivity (Wildman–Crippen MR) is 54.8 cm³/mol. The second-order valence-electron chi connectivity index (χ2n) is 2.87. The molecule has 0 fully saturated rings. The fourth-order valence-electron chi connectivity index (χ4n) is 1.08. The SMILES string of the molecule is COC(=O)C(=O)Cc1cc(F)cc(Br)c1. The van der Waals surface area contributed by atoms with Crippen LogP contribution in [0.25, 0.3) is 0 Å². The maximum absolute atomic E-state index is 12.9. The molecule has 0 aliphatic rings. The first-order valence-corrected chi connectivity index (χ1v) is 4.88. The van der Waals surface area contributed by atoms with Gasteiger partial charge in [0.05, 0.1) is 7.11 Å². The van der Waals surface area contributed by atoms with Gasteiger partial charge in [0.1, 0.15) is 5.82 Å². The van der Waals surface area contributed by atoms with Crippen LogP contribution in [0.1, 0.15) is 5.56 Å². The summed E-state index contributed by atoms with van der Waals surface area (Å²) in [7, 11) is 1.13. The van der Waals surface area contributed by atoms with Crippen molar-refractivity contribution in [3.05, 3.63) is 34.1 Å². The van der Waals surface area contributed by atoms with Crippen LogP contribution in [0.3, 0.4) is 0 Å². The highest BCUT2D eigenvalue weighted by molar-refractivity contribution is 9.10. The summed E-state index contributed by atoms with van der Waals surface area (Å²) in [5, 5.41) is 0. The van der Waals surface area contributed by atoms with Gasteiger partial charge in [-0.25, -0.2) is 9.18 Å². The fourth-order valence-corrected chi connectivity index (χ4v) is 1.60. The minimum atomic E-state index is -0.921. The number of benzene rings is 1. The number of Topliss-reactive ketones (excluding diaryl/α,β-unsaturated/α-hetero) is 1. The Hall–Kier alpha value is -1.23. The van der Waals surface area contributed by atoms with Crippen molar-refractivity contribution >= 4 is 27.7 Å². The third-order valence-electron chi connectivity index (χ3n) is 1.70. The summed E-state index contributed by atoms with van der Waals surface area (Å²) in [5.74, 6) is -2.08. The van der Waals surface area contributed by atoms with Crippen molar-refractivity contribution in [1.82, 2.24) is 0 Å². The molecular weight excluding hydrogens is 267 g/mol. The van der Waals surface area contributed by atoms with E-state index in [0.29, 0.717) is 10.0 Å². The van der Waals surface area contributed by atoms with Crippen molar-refractivity contribution in [2.45, 2.75) is 6.42 Å². The zero-order valence-electron chi connectivity index (χ0n) is 7.92. The Balaban J connectivity index is 2.81. The van der Waals surface area contributed by atoms with Gasteiger partial charge in [0, 0.05) is 10.9 Å². The third kappa shape index (κ3) is 3.43. The molecule has 1 aromatic rings. The lowest BCUT2D eigenvalue weighted by Crippen LogP contribution is -2.17. The zero-order chi connectivity index (χ0) is 11.4. The quantitative estimate of drug-likeness (QED) is 0.624. The lowest BCUT2D eigenvalue weighted by Gasteiger charge is -2.01. The van der Waals surface area contributed by atoms with Crippen molar-refractivity contribution in [2.24, 2.45) is 0 Å². The first kappa shape index (κ1) is 11.8. The summed E-state index contributed by atoms with van der Waals surface area (Å²) in [6, 6.07) is 4.04. The van der Waals surface area contributed by atoms with E-state index in [1.165, 1.54) is 12.1 Å². The number of ketones is 1. The average molecular weight is 275 g/mol. The maximum atomic E-state index is 12.9. The molecule has 0 unspecified atom stereocenters. The van der Waals surface area contributed by atoms with Gasteiger partial charge in [-0.05, 0) is 23.8 Å². The summed E-state index contributed by atoms with van der Waals surface area (Å²) in [4.78, 5) is 22.0. The van der Waals surface area contributed by atoms with Gasteiger partial charge in [-0.3, -0.25) is 4.79 Å². The monoisotopic (exact) mass is 274 g/mol. The summed E-state index contributed by atoms with van der Waals surface area (Å²) in [5.41, 5.74) is 0.428. The van der Waals surface area contributed by atoms with E-state index in [9.17, 15) is 14.0 Å². The Labute approximate surface area is 94.4 Å². The van der Waals surface area contributed by atoms with Crippen LogP contribution in [-0.4, -0.2) is 18.9 Å². The fraction of sp³-hybridized carbons (Fsp3) is 0.200. The Morgan fingerprint density at radius 3 is 2.60 bits per heavy atom. The van der Waals surface area contributed by atoms with Gasteiger partial charge in [-0.2, -0.15) is 0 Å². The van der Waals surface area contributed by atoms with Crippen LogP contribution in [0.4, 0.5) is 4.39 Å². The molecule has 0 aromatic heterocycles. The molecule has 1 rings (SSSR count). The molecule has 0 heterocycles. The summed E-state index contributed by atoms with van der Waals surface area (Å²) < 4.78 is 17.7. The average Bonchev–Trinajstić information content (AvgIpc) is 2.14. The van der Waals surface area contributed by atoms with E-state index in [1.54, 1.807) is 6.07 Å². The van der Waals surface area contributed by atoms with Crippen molar-refractivity contribution in [3.63, 3.8) is 0 Å². The van der Waals surface area contributed by atoms with Crippen LogP contribution in [-0.2, 0) is 20.7 Å². The minimum absolute atomic E-state index is 0.164. The number of ether oxygens (including phenoxy) is 1. The van der Waals surface area contributed by atoms with Gasteiger partial charge in [0.25, 0.3) is 0 Å². The molecule has 0 aliphatic heterocycles. The second-order valence-corrected chi connectivity index (χ2v) is 3.78. The number of esters is 1. The van der Waals surface area contributed by atoms with Crippen molar-refractivity contribution in [3.8, 4) is 0 Å². The zero-order valence-corrected chi connectivity index (χ0v) is 9.51. The van der Waals surface area contributed by atoms with E-state index in [2.05, 4.69) is 20.7 Å². The Morgan fingerprint density at radius 2 is 2.07 bits per heavy atom. The number of hydrogen-bond donors (Lipinski definition) is 0. The highest BCUT2D eigenvalue weighted by Gasteiger charge is 2.14. The maximum Gasteiger partial charge on any atom is 0.374 e. The summed E-state index contributed by atoms with van der Waals surface area (Å²) >= 11 is 3.09. The van der Waals surface area contributed by atoms with Gasteiger partial charge in [0.2, 0.25) is 5.78 Å². The van der Waals surface area contributed by atoms with E-state index >= 15 is 0 Å². The lowest BCUT2D eigenvalue weighted by atomic mass is 10.1. The van der Waals surface area contributed by atoms with Gasteiger partial charge in [-0.1, -0.05) is 15.9 Å². The number of carbonyl (C=O) groups is 2. The number of hydrogen-bond acceptors (Lipinski definition) is 3. The topological polar surface area (TPSA) is 43.4 Å². The normalized spacial score (nSPS) is 9.80. The van der Waals surface area contributed by atoms with Gasteiger partial charge in [-0.15, -0.1) is 0 Å². The molecule has 0 radical (unpaired) electrons. The first-order chi connectivity index (χ1) is 7.02. The molecule has 0 N–H and O–H groups in total. The predicted octanol–water partition coefficient (Wildman–Crippen LogP) is 1.87. The molecule has 80 valence electrons. The van der Waals surface area contributed by atoms with Crippen molar-refractivity contribution in [1.29, 1.82) is 0 Å². The van der Waals surface area contributed by atoms with Crippen molar-refractivity contribution < 1.29 is 18.7 Å². The van der Waals surface area contributed by atoms with Crippen LogP contribution in [0.15, 0.2) is 22.7 Å². The summed E-state index contributed by atoms with van der Waals surface area (Å²) in [6.45, 7) is 0. The first-order valence-electron chi connectivity index (χ1n) is 4.09. The molecule has 0 bridgehead atoms. The summed E-state index contributed by atoms with van der Waals surface area (Å²) in [6.07, 6.45) is -0.164. The Bertz CT molecular complexity index is 383. The second kappa shape index (κ2) is 5.02. The van der Waals surface area contributed by atoms with Gasteiger partial charge < -0.3 is 4.74 Å². The third-order valence-corrected chi connectivity index (χ3v) is 2.16. The number of methoxy groups -OCH3 is 1. The van der Waals surface area contributed by atoms with Crippen LogP contribution in [0.5, 0.6) is 0 Å². The lowest BCUT2D eigenvalue weighted by molar-refractivity contribution is -0.151. The highest BCUT2D eigenvalue weighted by atomic mass is 79.9. The molecule has 0 spiro atoms. The van der Waals surface area contributed by atoms with Crippen LogP contribution >= 0.6 is 15.9 Å². The molecule has 1 aromatic carbocycles. The molecule has 3 nitrogen and oxygen atoms in total. The molecule has 15 heavy (non-hydrogen) atoms. The van der Waals surface area contributed by atoms with E-state index in [-0.39, 0.29) is 6.42 Å². The van der Waals surface area contributed by atoms with E-state index in [0.717, 1.165) is 7.11 Å². The van der Waals surface area contributed by atoms with E-state index in [4.69, 9.17) is 0 Å². The number of rotatable bonds is 3. The van der Waals surface area contributed by atoms with E-state index < -0.39 is 17.6 Å².